The van der Waals surface area contributed by atoms with Crippen LogP contribution in [0.25, 0.3) is 0 Å². The lowest BCUT2D eigenvalue weighted by Gasteiger charge is -2.21. The number of carbonyl (C=O) groups is 3. The van der Waals surface area contributed by atoms with E-state index >= 15 is 0 Å². The standard InChI is InChI=1S/C54H97O11P/c1-4-7-10-13-16-19-21-23-24-25-26-28-30-33-36-39-42-45-54(58)65-51(47-61-52(56)43-40-37-34-32-29-27-22-20-17-14-11-8-5-2)49-63-66(59,60)62-48-50(46-55)64-53(57)44-41-38-35-31-18-15-12-9-6-3/h11,14,16,19-20,22-24,50-51,55H,4-10,12-13,15,17-18,21,25-49H2,1-3H3,(H,59,60)/b14-11-,19-16-,22-20-,24-23-. The van der Waals surface area contributed by atoms with Gasteiger partial charge in [0.15, 0.2) is 6.10 Å². The molecule has 0 saturated heterocycles. The second-order valence-electron chi connectivity index (χ2n) is 17.7. The number of aliphatic hydroxyl groups is 1. The highest BCUT2D eigenvalue weighted by Gasteiger charge is 2.28. The molecule has 0 aromatic carbocycles. The average molecular weight is 953 g/mol. The predicted molar refractivity (Wildman–Crippen MR) is 270 cm³/mol. The summed E-state index contributed by atoms with van der Waals surface area (Å²) in [5, 5.41) is 9.74. The molecule has 0 radical (unpaired) electrons. The van der Waals surface area contributed by atoms with Crippen LogP contribution in [0.3, 0.4) is 0 Å². The first-order valence-corrected chi connectivity index (χ1v) is 28.0. The molecule has 0 aliphatic rings. The summed E-state index contributed by atoms with van der Waals surface area (Å²) < 4.78 is 39.3. The molecule has 0 bridgehead atoms. The van der Waals surface area contributed by atoms with Gasteiger partial charge in [-0.3, -0.25) is 23.4 Å². The summed E-state index contributed by atoms with van der Waals surface area (Å²) in [7, 11) is -4.74. The van der Waals surface area contributed by atoms with Crippen LogP contribution in [0, 0.1) is 0 Å². The number of unbranched alkanes of at least 4 members (excludes halogenated alkanes) is 24. The quantitative estimate of drug-likeness (QED) is 0.0197. The number of phosphoric ester groups is 1. The van der Waals surface area contributed by atoms with Gasteiger partial charge in [-0.2, -0.15) is 0 Å². The monoisotopic (exact) mass is 953 g/mol. The molecule has 3 unspecified atom stereocenters. The smallest absolute Gasteiger partial charge is 0.462 e. The molecule has 0 aromatic heterocycles. The zero-order valence-electron chi connectivity index (χ0n) is 42.2. The van der Waals surface area contributed by atoms with Gasteiger partial charge in [0.05, 0.1) is 19.8 Å². The molecular formula is C54H97O11P. The topological polar surface area (TPSA) is 155 Å². The van der Waals surface area contributed by atoms with Gasteiger partial charge in [-0.1, -0.05) is 191 Å². The highest BCUT2D eigenvalue weighted by atomic mass is 31.2. The minimum Gasteiger partial charge on any atom is -0.462 e. The molecule has 0 amide bonds. The van der Waals surface area contributed by atoms with Gasteiger partial charge in [-0.15, -0.1) is 0 Å². The fourth-order valence-corrected chi connectivity index (χ4v) is 7.91. The van der Waals surface area contributed by atoms with Crippen molar-refractivity contribution in [1.82, 2.24) is 0 Å². The fraction of sp³-hybridized carbons (Fsp3) is 0.796. The Kier molecular flexibility index (Phi) is 47.0. The van der Waals surface area contributed by atoms with Crippen molar-refractivity contribution in [1.29, 1.82) is 0 Å². The van der Waals surface area contributed by atoms with Gasteiger partial charge >= 0.3 is 25.7 Å². The summed E-state index contributed by atoms with van der Waals surface area (Å²) >= 11 is 0. The lowest BCUT2D eigenvalue weighted by atomic mass is 10.1. The first-order chi connectivity index (χ1) is 32.2. The highest BCUT2D eigenvalue weighted by Crippen LogP contribution is 2.43. The lowest BCUT2D eigenvalue weighted by molar-refractivity contribution is -0.161. The maximum absolute atomic E-state index is 12.8. The molecule has 0 aliphatic heterocycles. The Balaban J connectivity index is 4.76. The van der Waals surface area contributed by atoms with Gasteiger partial charge in [0, 0.05) is 19.3 Å². The van der Waals surface area contributed by atoms with Crippen LogP contribution >= 0.6 is 7.82 Å². The lowest BCUT2D eigenvalue weighted by Crippen LogP contribution is -2.30. The van der Waals surface area contributed by atoms with Crippen molar-refractivity contribution >= 4 is 25.7 Å². The Labute approximate surface area is 403 Å². The SMILES string of the molecule is CCC/C=C\C/C=C\CCCCCCCC(=O)OCC(COP(=O)(O)OCC(CO)OC(=O)CCCCCCCCCCC)OC(=O)CCCCCCCCC/C=C\C/C=C\CCCCC. The average Bonchev–Trinajstić information content (AvgIpc) is 3.30. The molecule has 2 N–H and O–H groups in total. The molecule has 0 spiro atoms. The molecule has 66 heavy (non-hydrogen) atoms. The normalized spacial score (nSPS) is 13.8. The number of hydrogen-bond donors (Lipinski definition) is 2. The number of phosphoric acid groups is 1. The molecule has 384 valence electrons. The van der Waals surface area contributed by atoms with E-state index in [4.69, 9.17) is 23.3 Å². The van der Waals surface area contributed by atoms with Crippen LogP contribution in [0.4, 0.5) is 0 Å². The molecule has 0 fully saturated rings. The second-order valence-corrected chi connectivity index (χ2v) is 19.1. The maximum Gasteiger partial charge on any atom is 0.472 e. The zero-order chi connectivity index (χ0) is 48.4. The summed E-state index contributed by atoms with van der Waals surface area (Å²) in [5.41, 5.74) is 0. The van der Waals surface area contributed by atoms with E-state index in [1.54, 1.807) is 0 Å². The van der Waals surface area contributed by atoms with Crippen molar-refractivity contribution in [3.63, 3.8) is 0 Å². The third-order valence-corrected chi connectivity index (χ3v) is 12.2. The number of esters is 3. The van der Waals surface area contributed by atoms with Crippen LogP contribution in [0.1, 0.15) is 239 Å². The van der Waals surface area contributed by atoms with E-state index in [1.165, 1.54) is 77.0 Å². The zero-order valence-corrected chi connectivity index (χ0v) is 43.1. The first kappa shape index (κ1) is 63.4. The van der Waals surface area contributed by atoms with Crippen molar-refractivity contribution < 1.29 is 52.2 Å². The third kappa shape index (κ3) is 46.5. The summed E-state index contributed by atoms with van der Waals surface area (Å²) in [4.78, 5) is 48.3. The Morgan fingerprint density at radius 2 is 0.773 bits per heavy atom. The Morgan fingerprint density at radius 1 is 0.424 bits per heavy atom. The van der Waals surface area contributed by atoms with E-state index in [2.05, 4.69) is 69.4 Å². The fourth-order valence-electron chi connectivity index (χ4n) is 7.13. The number of aliphatic hydroxyl groups excluding tert-OH is 1. The van der Waals surface area contributed by atoms with Gasteiger partial charge < -0.3 is 24.2 Å². The van der Waals surface area contributed by atoms with Crippen molar-refractivity contribution in [2.75, 3.05) is 26.4 Å². The van der Waals surface area contributed by atoms with E-state index in [9.17, 15) is 28.9 Å². The molecule has 12 heteroatoms. The predicted octanol–water partition coefficient (Wildman–Crippen LogP) is 15.0. The summed E-state index contributed by atoms with van der Waals surface area (Å²) in [5.74, 6) is -1.49. The summed E-state index contributed by atoms with van der Waals surface area (Å²) in [6, 6.07) is 0. The second kappa shape index (κ2) is 48.9. The van der Waals surface area contributed by atoms with E-state index < -0.39 is 57.8 Å². The van der Waals surface area contributed by atoms with Crippen LogP contribution in [0.5, 0.6) is 0 Å². The number of rotatable bonds is 49. The van der Waals surface area contributed by atoms with E-state index in [0.717, 1.165) is 103 Å². The van der Waals surface area contributed by atoms with Crippen LogP contribution in [0.2, 0.25) is 0 Å². The van der Waals surface area contributed by atoms with Crippen LogP contribution in [0.15, 0.2) is 48.6 Å². The molecule has 0 heterocycles. The van der Waals surface area contributed by atoms with Gasteiger partial charge in [0.2, 0.25) is 0 Å². The number of ether oxygens (including phenoxy) is 3. The van der Waals surface area contributed by atoms with E-state index in [1.807, 2.05) is 0 Å². The summed E-state index contributed by atoms with van der Waals surface area (Å²) in [6.07, 6.45) is 49.4. The van der Waals surface area contributed by atoms with Crippen LogP contribution < -0.4 is 0 Å². The van der Waals surface area contributed by atoms with Crippen molar-refractivity contribution in [3.05, 3.63) is 48.6 Å². The maximum atomic E-state index is 12.8. The van der Waals surface area contributed by atoms with Crippen molar-refractivity contribution in [2.45, 2.75) is 251 Å². The molecule has 11 nitrogen and oxygen atoms in total. The van der Waals surface area contributed by atoms with Crippen LogP contribution in [-0.2, 0) is 42.2 Å². The minimum absolute atomic E-state index is 0.157. The van der Waals surface area contributed by atoms with Gasteiger partial charge in [0.25, 0.3) is 0 Å². The van der Waals surface area contributed by atoms with E-state index in [-0.39, 0.29) is 25.9 Å². The van der Waals surface area contributed by atoms with Crippen molar-refractivity contribution in [2.24, 2.45) is 0 Å². The molecule has 0 rings (SSSR count). The van der Waals surface area contributed by atoms with Gasteiger partial charge in [-0.05, 0) is 77.0 Å². The number of hydrogen-bond acceptors (Lipinski definition) is 10. The molecule has 3 atom stereocenters. The molecule has 0 aromatic rings. The highest BCUT2D eigenvalue weighted by molar-refractivity contribution is 7.47. The summed E-state index contributed by atoms with van der Waals surface area (Å²) in [6.45, 7) is 4.50. The number of allylic oxidation sites excluding steroid dienone is 8. The molecule has 0 aliphatic carbocycles. The van der Waals surface area contributed by atoms with Crippen LogP contribution in [-0.4, -0.2) is 66.5 Å². The third-order valence-electron chi connectivity index (χ3n) is 11.2. The van der Waals surface area contributed by atoms with Gasteiger partial charge in [-0.25, -0.2) is 4.57 Å². The first-order valence-electron chi connectivity index (χ1n) is 26.5. The number of carbonyl (C=O) groups excluding carboxylic acids is 3. The van der Waals surface area contributed by atoms with Crippen molar-refractivity contribution in [3.8, 4) is 0 Å². The largest absolute Gasteiger partial charge is 0.472 e. The molecule has 0 saturated carbocycles. The van der Waals surface area contributed by atoms with E-state index in [0.29, 0.717) is 19.3 Å². The Bertz CT molecular complexity index is 1300. The Morgan fingerprint density at radius 3 is 1.21 bits per heavy atom. The minimum atomic E-state index is -4.74. The van der Waals surface area contributed by atoms with Gasteiger partial charge in [0.1, 0.15) is 12.7 Å². The Hall–Kier alpha value is -2.56. The molecular weight excluding hydrogens is 856 g/mol.